The Labute approximate surface area is 321 Å². The summed E-state index contributed by atoms with van der Waals surface area (Å²) >= 11 is 0. The van der Waals surface area contributed by atoms with Crippen molar-refractivity contribution in [3.63, 3.8) is 0 Å². The molecule has 7 rings (SSSR count). The van der Waals surface area contributed by atoms with E-state index in [0.717, 1.165) is 51.4 Å². The van der Waals surface area contributed by atoms with E-state index in [4.69, 9.17) is 5.11 Å². The number of hydrogen-bond donors (Lipinski definition) is 4. The summed E-state index contributed by atoms with van der Waals surface area (Å²) in [4.78, 5) is 38.9. The minimum absolute atomic E-state index is 0.0735. The smallest absolute Gasteiger partial charge is 0.335 e. The zero-order valence-electron chi connectivity index (χ0n) is 33.2. The summed E-state index contributed by atoms with van der Waals surface area (Å²) in [6, 6.07) is 10.6. The molecule has 5 saturated carbocycles. The van der Waals surface area contributed by atoms with Gasteiger partial charge in [-0.2, -0.15) is 0 Å². The van der Waals surface area contributed by atoms with Crippen molar-refractivity contribution in [1.82, 2.24) is 10.6 Å². The van der Waals surface area contributed by atoms with E-state index in [0.29, 0.717) is 28.9 Å². The van der Waals surface area contributed by atoms with E-state index in [-0.39, 0.29) is 69.7 Å². The van der Waals surface area contributed by atoms with E-state index in [1.807, 2.05) is 0 Å². The van der Waals surface area contributed by atoms with Crippen molar-refractivity contribution < 1.29 is 29.0 Å². The molecule has 7 nitrogen and oxygen atoms in total. The fourth-order valence-electron chi connectivity index (χ4n) is 13.8. The number of allylic oxidation sites excluding steroid dienone is 1. The van der Waals surface area contributed by atoms with Gasteiger partial charge in [0.25, 0.3) is 5.91 Å². The number of benzene rings is 2. The Morgan fingerprint density at radius 3 is 2.17 bits per heavy atom. The molecule has 54 heavy (non-hydrogen) atoms. The normalized spacial score (nSPS) is 37.9. The third kappa shape index (κ3) is 5.87. The fraction of sp³-hybridized carbons (Fsp3) is 0.630. The molecule has 10 atom stereocenters. The maximum Gasteiger partial charge on any atom is 0.335 e. The van der Waals surface area contributed by atoms with Gasteiger partial charge in [-0.25, -0.2) is 9.18 Å². The van der Waals surface area contributed by atoms with Crippen molar-refractivity contribution in [2.75, 3.05) is 0 Å². The molecule has 2 aromatic rings. The lowest BCUT2D eigenvalue weighted by Crippen LogP contribution is -2.67. The Morgan fingerprint density at radius 2 is 1.48 bits per heavy atom. The number of hydrogen-bond acceptors (Lipinski definition) is 4. The van der Waals surface area contributed by atoms with Gasteiger partial charge in [-0.3, -0.25) is 9.59 Å². The van der Waals surface area contributed by atoms with Crippen molar-refractivity contribution in [2.45, 2.75) is 125 Å². The lowest BCUT2D eigenvalue weighted by Gasteiger charge is -2.72. The average molecular weight is 741 g/mol. The molecular weight excluding hydrogens is 680 g/mol. The summed E-state index contributed by atoms with van der Waals surface area (Å²) in [6.45, 7) is 19.3. The largest absolute Gasteiger partial charge is 0.478 e. The molecule has 0 aromatic heterocycles. The topological polar surface area (TPSA) is 116 Å². The summed E-state index contributed by atoms with van der Waals surface area (Å²) in [5.41, 5.74) is 2.43. The molecule has 4 N–H and O–H groups in total. The Kier molecular flexibility index (Phi) is 9.76. The molecule has 5 fully saturated rings. The van der Waals surface area contributed by atoms with Crippen LogP contribution in [-0.4, -0.2) is 34.1 Å². The summed E-state index contributed by atoms with van der Waals surface area (Å²) in [5, 5.41) is 26.3. The van der Waals surface area contributed by atoms with Crippen LogP contribution in [0.1, 0.15) is 138 Å². The monoisotopic (exact) mass is 740 g/mol. The number of carboxylic acids is 1. The first-order valence-electron chi connectivity index (χ1n) is 20.4. The highest BCUT2D eigenvalue weighted by Gasteiger charge is 2.71. The van der Waals surface area contributed by atoms with Gasteiger partial charge in [-0.15, -0.1) is 0 Å². The number of rotatable bonds is 8. The van der Waals surface area contributed by atoms with Crippen molar-refractivity contribution in [1.29, 1.82) is 0 Å². The highest BCUT2D eigenvalue weighted by atomic mass is 19.1. The molecule has 4 unspecified atom stereocenters. The number of nitrogens with one attached hydrogen (secondary N) is 2. The van der Waals surface area contributed by atoms with Gasteiger partial charge in [-0.05, 0) is 158 Å². The standard InChI is InChI=1S/C46H61FN2O5/c1-27(2)31-16-21-46(41(54)49-26-29-10-14-34(47)32(24-29)39(51)48-25-28-8-11-30(12-9-28)40(52)53)23-22-44(6)33(38(31)46)13-15-36-43(5)19-18-37(50)42(3,4)35(43)17-20-45(36,44)7/h8-12,14,24,31,33,35-38,50H,1,13,15-23,25-26H2,2-7H3,(H,48,51)(H,49,54)(H,52,53)/t31-,33?,35?,36?,37-,38?,43-,44+,45+,46-/m0/s1. The molecule has 0 radical (unpaired) electrons. The molecule has 5 aliphatic carbocycles. The molecule has 0 spiro atoms. The molecule has 2 amide bonds. The lowest BCUT2D eigenvalue weighted by atomic mass is 9.32. The second kappa shape index (κ2) is 13.6. The Balaban J connectivity index is 1.09. The van der Waals surface area contributed by atoms with Gasteiger partial charge < -0.3 is 20.8 Å². The van der Waals surface area contributed by atoms with Crippen molar-refractivity contribution >= 4 is 17.8 Å². The maximum absolute atomic E-state index is 15.0. The number of carbonyl (C=O) groups is 3. The minimum atomic E-state index is -1.03. The van der Waals surface area contributed by atoms with E-state index >= 15 is 0 Å². The number of carboxylic acid groups (broad SMARTS) is 1. The van der Waals surface area contributed by atoms with Gasteiger partial charge in [0.2, 0.25) is 5.91 Å². The molecule has 2 aromatic carbocycles. The maximum atomic E-state index is 15.0. The van der Waals surface area contributed by atoms with Crippen LogP contribution in [-0.2, 0) is 17.9 Å². The Morgan fingerprint density at radius 1 is 0.796 bits per heavy atom. The first kappa shape index (κ1) is 38.7. The van der Waals surface area contributed by atoms with Gasteiger partial charge in [0.05, 0.1) is 22.6 Å². The number of aromatic carboxylic acids is 1. The molecule has 8 heteroatoms. The van der Waals surface area contributed by atoms with Gasteiger partial charge in [0.1, 0.15) is 5.82 Å². The van der Waals surface area contributed by atoms with E-state index in [9.17, 15) is 23.9 Å². The molecular formula is C46H61FN2O5. The SMILES string of the molecule is C=C(C)[C@@H]1CC[C@]2(C(=O)NCc3ccc(F)c(C(=O)NCc4ccc(C(=O)O)cc4)c3)CC[C@]3(C)C(CCC4[C@@]5(C)CC[C@H](O)C(C)(C)C5CC[C@]43C)C12. The van der Waals surface area contributed by atoms with Crippen LogP contribution in [0.2, 0.25) is 0 Å². The van der Waals surface area contributed by atoms with Crippen LogP contribution in [0.5, 0.6) is 0 Å². The lowest BCUT2D eigenvalue weighted by molar-refractivity contribution is -0.246. The number of aliphatic hydroxyl groups excluding tert-OH is 1. The van der Waals surface area contributed by atoms with Gasteiger partial charge in [0, 0.05) is 13.1 Å². The summed E-state index contributed by atoms with van der Waals surface area (Å²) < 4.78 is 15.0. The number of fused-ring (bicyclic) bond motifs is 7. The van der Waals surface area contributed by atoms with E-state index in [2.05, 4.69) is 58.8 Å². The molecule has 0 heterocycles. The highest BCUT2D eigenvalue weighted by Crippen LogP contribution is 2.77. The Hall–Kier alpha value is -3.52. The zero-order valence-corrected chi connectivity index (χ0v) is 33.2. The predicted molar refractivity (Wildman–Crippen MR) is 208 cm³/mol. The van der Waals surface area contributed by atoms with Crippen LogP contribution >= 0.6 is 0 Å². The summed E-state index contributed by atoms with van der Waals surface area (Å²) in [5.74, 6) is -0.177. The molecule has 5 aliphatic rings. The quantitative estimate of drug-likeness (QED) is 0.202. The van der Waals surface area contributed by atoms with Crippen molar-refractivity contribution in [3.8, 4) is 0 Å². The second-order valence-electron chi connectivity index (χ2n) is 19.4. The second-order valence-corrected chi connectivity index (χ2v) is 19.4. The first-order valence-corrected chi connectivity index (χ1v) is 20.4. The fourth-order valence-corrected chi connectivity index (χ4v) is 13.8. The molecule has 0 saturated heterocycles. The summed E-state index contributed by atoms with van der Waals surface area (Å²) in [7, 11) is 0. The predicted octanol–water partition coefficient (Wildman–Crippen LogP) is 9.09. The molecule has 292 valence electrons. The average Bonchev–Trinajstić information content (AvgIpc) is 3.54. The van der Waals surface area contributed by atoms with Crippen LogP contribution in [0.4, 0.5) is 4.39 Å². The summed E-state index contributed by atoms with van der Waals surface area (Å²) in [6.07, 6.45) is 9.98. The van der Waals surface area contributed by atoms with Crippen LogP contribution in [0.3, 0.4) is 0 Å². The minimum Gasteiger partial charge on any atom is -0.478 e. The van der Waals surface area contributed by atoms with Crippen molar-refractivity contribution in [2.24, 2.45) is 56.7 Å². The van der Waals surface area contributed by atoms with E-state index < -0.39 is 23.1 Å². The number of amides is 2. The van der Waals surface area contributed by atoms with Crippen LogP contribution in [0.15, 0.2) is 54.6 Å². The van der Waals surface area contributed by atoms with Crippen molar-refractivity contribution in [3.05, 3.63) is 82.7 Å². The first-order chi connectivity index (χ1) is 25.4. The van der Waals surface area contributed by atoms with Gasteiger partial charge in [-0.1, -0.05) is 65.0 Å². The third-order valence-electron chi connectivity index (χ3n) is 16.9. The number of aliphatic hydroxyl groups is 1. The van der Waals surface area contributed by atoms with Crippen LogP contribution in [0, 0.1) is 62.5 Å². The van der Waals surface area contributed by atoms with Gasteiger partial charge in [0.15, 0.2) is 0 Å². The number of halogens is 1. The molecule has 0 aliphatic heterocycles. The van der Waals surface area contributed by atoms with Crippen LogP contribution < -0.4 is 10.6 Å². The highest BCUT2D eigenvalue weighted by molar-refractivity contribution is 5.94. The van der Waals surface area contributed by atoms with E-state index in [1.165, 1.54) is 42.7 Å². The number of carbonyl (C=O) groups excluding carboxylic acids is 2. The third-order valence-corrected chi connectivity index (χ3v) is 16.9. The molecule has 0 bridgehead atoms. The van der Waals surface area contributed by atoms with Gasteiger partial charge >= 0.3 is 5.97 Å². The Bertz CT molecular complexity index is 1840. The van der Waals surface area contributed by atoms with Crippen LogP contribution in [0.25, 0.3) is 0 Å². The van der Waals surface area contributed by atoms with E-state index in [1.54, 1.807) is 18.2 Å². The zero-order chi connectivity index (χ0) is 39.0.